The first-order valence-electron chi connectivity index (χ1n) is 5.64. The van der Waals surface area contributed by atoms with Crippen molar-refractivity contribution in [2.24, 2.45) is 0 Å². The van der Waals surface area contributed by atoms with Gasteiger partial charge in [-0.25, -0.2) is 0 Å². The molecule has 5 nitrogen and oxygen atoms in total. The lowest BCUT2D eigenvalue weighted by atomic mass is 10.3. The Balaban J connectivity index is 1.88. The summed E-state index contributed by atoms with van der Waals surface area (Å²) in [6.07, 6.45) is 5.39. The van der Waals surface area contributed by atoms with Gasteiger partial charge >= 0.3 is 0 Å². The van der Waals surface area contributed by atoms with E-state index < -0.39 is 0 Å². The maximum absolute atomic E-state index is 9.76. The summed E-state index contributed by atoms with van der Waals surface area (Å²) in [7, 11) is 1.99. The molecular weight excluding hydrogens is 296 g/mol. The van der Waals surface area contributed by atoms with E-state index in [0.717, 1.165) is 17.6 Å². The van der Waals surface area contributed by atoms with Gasteiger partial charge < -0.3 is 5.11 Å². The number of aromatic nitrogens is 3. The topological polar surface area (TPSA) is 54.2 Å². The Morgan fingerprint density at radius 2 is 2.33 bits per heavy atom. The molecule has 0 aliphatic carbocycles. The minimum atomic E-state index is 0.218. The highest BCUT2D eigenvalue weighted by Crippen LogP contribution is 2.20. The molecule has 0 saturated carbocycles. The van der Waals surface area contributed by atoms with Crippen LogP contribution in [0.15, 0.2) is 35.2 Å². The highest BCUT2D eigenvalue weighted by molar-refractivity contribution is 9.10. The zero-order valence-electron chi connectivity index (χ0n) is 10.1. The molecule has 0 aliphatic rings. The monoisotopic (exact) mass is 310 g/mol. The maximum atomic E-state index is 9.76. The lowest BCUT2D eigenvalue weighted by Gasteiger charge is -2.16. The molecule has 0 aromatic carbocycles. The fraction of sp³-hybridized carbons (Fsp3) is 0.333. The Hall–Kier alpha value is -1.40. The van der Waals surface area contributed by atoms with Crippen molar-refractivity contribution in [2.45, 2.75) is 13.1 Å². The molecule has 0 atom stereocenters. The van der Waals surface area contributed by atoms with Crippen LogP contribution in [0, 0.1) is 0 Å². The predicted octanol–water partition coefficient (Wildman–Crippen LogP) is 1.88. The minimum absolute atomic E-state index is 0.218. The molecule has 0 saturated heterocycles. The van der Waals surface area contributed by atoms with Crippen molar-refractivity contribution in [1.82, 2.24) is 19.7 Å². The number of rotatable bonds is 5. The summed E-state index contributed by atoms with van der Waals surface area (Å²) in [6.45, 7) is 2.28. The van der Waals surface area contributed by atoms with E-state index in [-0.39, 0.29) is 5.75 Å². The molecule has 1 N–H and O–H groups in total. The average Bonchev–Trinajstić information content (AvgIpc) is 2.83. The molecule has 2 aromatic heterocycles. The van der Waals surface area contributed by atoms with Gasteiger partial charge in [0, 0.05) is 36.2 Å². The third kappa shape index (κ3) is 3.54. The van der Waals surface area contributed by atoms with Gasteiger partial charge in [0.2, 0.25) is 0 Å². The van der Waals surface area contributed by atoms with E-state index in [2.05, 4.69) is 30.9 Å². The predicted molar refractivity (Wildman–Crippen MR) is 72.2 cm³/mol. The van der Waals surface area contributed by atoms with Gasteiger partial charge in [-0.05, 0) is 35.1 Å². The number of nitrogens with zero attached hydrogens (tertiary/aromatic N) is 4. The number of aromatic hydroxyl groups is 1. The minimum Gasteiger partial charge on any atom is -0.506 e. The van der Waals surface area contributed by atoms with E-state index in [0.29, 0.717) is 12.2 Å². The SMILES string of the molecule is CN(CCn1cccn1)Cc1ncc(Br)cc1O. The van der Waals surface area contributed by atoms with Crippen molar-refractivity contribution in [3.05, 3.63) is 40.9 Å². The molecule has 0 radical (unpaired) electrons. The second-order valence-electron chi connectivity index (χ2n) is 4.13. The molecule has 0 fully saturated rings. The van der Waals surface area contributed by atoms with Crippen molar-refractivity contribution in [3.8, 4) is 5.75 Å². The van der Waals surface area contributed by atoms with Crippen LogP contribution in [0.2, 0.25) is 0 Å². The number of likely N-dealkylation sites (N-methyl/N-ethyl adjacent to an activating group) is 1. The molecule has 18 heavy (non-hydrogen) atoms. The summed E-state index contributed by atoms with van der Waals surface area (Å²) in [4.78, 5) is 6.30. The van der Waals surface area contributed by atoms with Crippen LogP contribution in [-0.2, 0) is 13.1 Å². The highest BCUT2D eigenvalue weighted by Gasteiger charge is 2.07. The van der Waals surface area contributed by atoms with Crippen LogP contribution < -0.4 is 0 Å². The number of hydrogen-bond acceptors (Lipinski definition) is 4. The van der Waals surface area contributed by atoms with Crippen LogP contribution in [0.3, 0.4) is 0 Å². The molecule has 0 unspecified atom stereocenters. The summed E-state index contributed by atoms with van der Waals surface area (Å²) < 4.78 is 2.66. The lowest BCUT2D eigenvalue weighted by Crippen LogP contribution is -2.23. The molecule has 2 aromatic rings. The van der Waals surface area contributed by atoms with Crippen molar-refractivity contribution in [1.29, 1.82) is 0 Å². The molecule has 0 aliphatic heterocycles. The molecular formula is C12H15BrN4O. The zero-order chi connectivity index (χ0) is 13.0. The molecule has 2 heterocycles. The van der Waals surface area contributed by atoms with Gasteiger partial charge in [-0.3, -0.25) is 14.6 Å². The van der Waals surface area contributed by atoms with E-state index >= 15 is 0 Å². The molecule has 6 heteroatoms. The molecule has 0 amide bonds. The first kappa shape index (κ1) is 13.0. The second-order valence-corrected chi connectivity index (χ2v) is 5.04. The van der Waals surface area contributed by atoms with E-state index in [1.807, 2.05) is 24.0 Å². The Bertz CT molecular complexity index is 501. The summed E-state index contributed by atoms with van der Waals surface area (Å²) in [5.41, 5.74) is 0.682. The summed E-state index contributed by atoms with van der Waals surface area (Å²) in [6, 6.07) is 3.56. The maximum Gasteiger partial charge on any atom is 0.139 e. The van der Waals surface area contributed by atoms with Crippen molar-refractivity contribution in [2.75, 3.05) is 13.6 Å². The van der Waals surface area contributed by atoms with E-state index in [9.17, 15) is 5.11 Å². The summed E-state index contributed by atoms with van der Waals surface area (Å²) in [5.74, 6) is 0.218. The third-order valence-corrected chi connectivity index (χ3v) is 3.04. The molecule has 96 valence electrons. The van der Waals surface area contributed by atoms with Crippen molar-refractivity contribution >= 4 is 15.9 Å². The lowest BCUT2D eigenvalue weighted by molar-refractivity contribution is 0.296. The van der Waals surface area contributed by atoms with Crippen LogP contribution in [0.4, 0.5) is 0 Å². The van der Waals surface area contributed by atoms with Crippen LogP contribution in [0.5, 0.6) is 5.75 Å². The first-order chi connectivity index (χ1) is 8.65. The fourth-order valence-electron chi connectivity index (χ4n) is 1.62. The first-order valence-corrected chi connectivity index (χ1v) is 6.44. The number of pyridine rings is 1. The number of halogens is 1. The molecule has 0 bridgehead atoms. The van der Waals surface area contributed by atoms with E-state index in [1.165, 1.54) is 0 Å². The fourth-order valence-corrected chi connectivity index (χ4v) is 1.94. The Labute approximate surface area is 114 Å². The standard InChI is InChI=1S/C12H15BrN4O/c1-16(5-6-17-4-2-3-15-17)9-11-12(18)7-10(13)8-14-11/h2-4,7-8,18H,5-6,9H2,1H3. The highest BCUT2D eigenvalue weighted by atomic mass is 79.9. The normalized spacial score (nSPS) is 11.1. The van der Waals surface area contributed by atoms with E-state index in [1.54, 1.807) is 18.5 Å². The van der Waals surface area contributed by atoms with Gasteiger partial charge in [0.05, 0.1) is 12.2 Å². The average molecular weight is 311 g/mol. The van der Waals surface area contributed by atoms with Crippen LogP contribution in [0.1, 0.15) is 5.69 Å². The Morgan fingerprint density at radius 1 is 1.50 bits per heavy atom. The quantitative estimate of drug-likeness (QED) is 0.916. The van der Waals surface area contributed by atoms with Crippen molar-refractivity contribution < 1.29 is 5.11 Å². The van der Waals surface area contributed by atoms with Gasteiger partial charge in [0.1, 0.15) is 5.75 Å². The van der Waals surface area contributed by atoms with Gasteiger partial charge in [-0.15, -0.1) is 0 Å². The van der Waals surface area contributed by atoms with Gasteiger partial charge in [0.15, 0.2) is 0 Å². The van der Waals surface area contributed by atoms with E-state index in [4.69, 9.17) is 0 Å². The molecule has 0 spiro atoms. The third-order valence-electron chi connectivity index (χ3n) is 2.60. The van der Waals surface area contributed by atoms with Gasteiger partial charge in [0.25, 0.3) is 0 Å². The molecule has 2 rings (SSSR count). The summed E-state index contributed by atoms with van der Waals surface area (Å²) in [5, 5.41) is 13.9. The Kier molecular flexibility index (Phi) is 4.33. The van der Waals surface area contributed by atoms with Crippen molar-refractivity contribution in [3.63, 3.8) is 0 Å². The summed E-state index contributed by atoms with van der Waals surface area (Å²) >= 11 is 3.27. The van der Waals surface area contributed by atoms with Crippen LogP contribution >= 0.6 is 15.9 Å². The zero-order valence-corrected chi connectivity index (χ0v) is 11.7. The second kappa shape index (κ2) is 5.97. The van der Waals surface area contributed by atoms with Crippen LogP contribution in [-0.4, -0.2) is 38.4 Å². The Morgan fingerprint density at radius 3 is 3.00 bits per heavy atom. The number of hydrogen-bond donors (Lipinski definition) is 1. The van der Waals surface area contributed by atoms with Crippen LogP contribution in [0.25, 0.3) is 0 Å². The smallest absolute Gasteiger partial charge is 0.139 e. The largest absolute Gasteiger partial charge is 0.506 e. The van der Waals surface area contributed by atoms with Gasteiger partial charge in [-0.2, -0.15) is 5.10 Å². The van der Waals surface area contributed by atoms with Gasteiger partial charge in [-0.1, -0.05) is 0 Å².